The summed E-state index contributed by atoms with van der Waals surface area (Å²) in [5, 5.41) is 17.6. The molecule has 3 aromatic carbocycles. The Labute approximate surface area is 192 Å². The van der Waals surface area contributed by atoms with Crippen molar-refractivity contribution in [2.75, 3.05) is 0 Å². The Bertz CT molecular complexity index is 1210. The number of hydrogen-bond acceptors (Lipinski definition) is 4. The normalized spacial score (nSPS) is 13.6. The molecule has 0 bridgehead atoms. The number of aliphatic hydroxyl groups excluding tert-OH is 1. The maximum Gasteiger partial charge on any atom is 0.248 e. The van der Waals surface area contributed by atoms with E-state index < -0.39 is 24.2 Å². The third-order valence-corrected chi connectivity index (χ3v) is 5.21. The van der Waals surface area contributed by atoms with Crippen molar-refractivity contribution in [3.8, 4) is 11.4 Å². The van der Waals surface area contributed by atoms with Crippen LogP contribution in [0.1, 0.15) is 32.9 Å². The van der Waals surface area contributed by atoms with Crippen LogP contribution in [0.15, 0.2) is 79.0 Å². The number of fused-ring (bicyclic) bond motifs is 1. The minimum atomic E-state index is -1.11. The van der Waals surface area contributed by atoms with E-state index in [9.17, 15) is 14.3 Å². The number of benzene rings is 3. The number of rotatable bonds is 7. The highest BCUT2D eigenvalue weighted by Crippen LogP contribution is 2.29. The van der Waals surface area contributed by atoms with Gasteiger partial charge < -0.3 is 15.2 Å². The molecule has 2 N–H and O–H groups in total. The van der Waals surface area contributed by atoms with Crippen LogP contribution in [0.2, 0.25) is 0 Å². The van der Waals surface area contributed by atoms with Gasteiger partial charge in [-0.3, -0.25) is 4.79 Å². The summed E-state index contributed by atoms with van der Waals surface area (Å²) in [6.45, 7) is 3.26. The molecule has 4 rings (SSSR count). The van der Waals surface area contributed by atoms with Gasteiger partial charge in [0, 0.05) is 5.39 Å². The number of aliphatic hydroxyl groups is 1. The lowest BCUT2D eigenvalue weighted by atomic mass is 10.0. The predicted octanol–water partition coefficient (Wildman–Crippen LogP) is 4.81. The molecule has 0 radical (unpaired) electrons. The number of halogens is 1. The number of carbonyl (C=O) groups is 1. The van der Waals surface area contributed by atoms with Crippen LogP contribution in [0.25, 0.3) is 16.6 Å². The number of ether oxygens (including phenoxy) is 1. The van der Waals surface area contributed by atoms with Gasteiger partial charge in [0.05, 0.1) is 23.4 Å². The molecule has 0 aliphatic rings. The van der Waals surface area contributed by atoms with E-state index in [2.05, 4.69) is 10.4 Å². The van der Waals surface area contributed by atoms with Crippen molar-refractivity contribution in [1.29, 1.82) is 0 Å². The van der Waals surface area contributed by atoms with Crippen molar-refractivity contribution >= 4 is 16.8 Å². The Morgan fingerprint density at radius 2 is 1.76 bits per heavy atom. The standard InChI is InChI=1S/C25H24FN3O3.CH4/c1-16(28-25(31)17(2)30)24(18-6-4-3-5-7-18)32-22-12-13-23-19(14-22)15-27-29(23)21-10-8-20(26)9-11-21;/h3-17,24,30H,1-2H3,(H,28,31);1H4/t16-,17-,24-;/m0./s1. The molecule has 1 aromatic heterocycles. The molecule has 33 heavy (non-hydrogen) atoms. The molecular weight excluding hydrogens is 421 g/mol. The largest absolute Gasteiger partial charge is 0.484 e. The second kappa shape index (κ2) is 10.3. The highest BCUT2D eigenvalue weighted by atomic mass is 19.1. The molecule has 0 spiro atoms. The van der Waals surface area contributed by atoms with Crippen molar-refractivity contribution < 1.29 is 19.0 Å². The predicted molar refractivity (Wildman–Crippen MR) is 127 cm³/mol. The zero-order chi connectivity index (χ0) is 22.7. The third-order valence-electron chi connectivity index (χ3n) is 5.21. The summed E-state index contributed by atoms with van der Waals surface area (Å²) >= 11 is 0. The second-order valence-electron chi connectivity index (χ2n) is 7.68. The van der Waals surface area contributed by atoms with Gasteiger partial charge in [-0.05, 0) is 61.9 Å². The summed E-state index contributed by atoms with van der Waals surface area (Å²) in [5.41, 5.74) is 2.51. The molecule has 6 nitrogen and oxygen atoms in total. The van der Waals surface area contributed by atoms with Gasteiger partial charge in [-0.2, -0.15) is 5.10 Å². The van der Waals surface area contributed by atoms with E-state index in [0.717, 1.165) is 22.2 Å². The molecule has 0 saturated heterocycles. The first-order chi connectivity index (χ1) is 15.4. The van der Waals surface area contributed by atoms with Gasteiger partial charge in [-0.1, -0.05) is 37.8 Å². The average Bonchev–Trinajstić information content (AvgIpc) is 3.21. The van der Waals surface area contributed by atoms with Gasteiger partial charge in [0.25, 0.3) is 0 Å². The van der Waals surface area contributed by atoms with Crippen molar-refractivity contribution in [1.82, 2.24) is 15.1 Å². The van der Waals surface area contributed by atoms with Crippen LogP contribution in [0.3, 0.4) is 0 Å². The van der Waals surface area contributed by atoms with Crippen molar-refractivity contribution in [3.63, 3.8) is 0 Å². The number of hydrogen-bond donors (Lipinski definition) is 2. The highest BCUT2D eigenvalue weighted by molar-refractivity contribution is 5.82. The number of carbonyl (C=O) groups excluding carboxylic acids is 1. The van der Waals surface area contributed by atoms with Gasteiger partial charge in [-0.25, -0.2) is 9.07 Å². The summed E-state index contributed by atoms with van der Waals surface area (Å²) < 4.78 is 21.3. The summed E-state index contributed by atoms with van der Waals surface area (Å²) in [4.78, 5) is 12.0. The fourth-order valence-corrected chi connectivity index (χ4v) is 3.54. The van der Waals surface area contributed by atoms with E-state index >= 15 is 0 Å². The van der Waals surface area contributed by atoms with E-state index in [0.29, 0.717) is 5.75 Å². The maximum absolute atomic E-state index is 13.3. The fourth-order valence-electron chi connectivity index (χ4n) is 3.54. The molecule has 1 amide bonds. The summed E-state index contributed by atoms with van der Waals surface area (Å²) in [6.07, 6.45) is 0.146. The molecule has 172 valence electrons. The Morgan fingerprint density at radius 3 is 2.42 bits per heavy atom. The van der Waals surface area contributed by atoms with Crippen LogP contribution in [-0.4, -0.2) is 32.9 Å². The van der Waals surface area contributed by atoms with Crippen molar-refractivity contribution in [2.45, 2.75) is 39.5 Å². The lowest BCUT2D eigenvalue weighted by molar-refractivity contribution is -0.129. The first kappa shape index (κ1) is 23.9. The first-order valence-electron chi connectivity index (χ1n) is 10.4. The molecule has 4 aromatic rings. The molecule has 0 aliphatic carbocycles. The van der Waals surface area contributed by atoms with Crippen LogP contribution in [0, 0.1) is 5.82 Å². The molecule has 3 atom stereocenters. The molecule has 1 heterocycles. The van der Waals surface area contributed by atoms with Gasteiger partial charge in [-0.15, -0.1) is 0 Å². The minimum Gasteiger partial charge on any atom is -0.484 e. The smallest absolute Gasteiger partial charge is 0.248 e. The Kier molecular flexibility index (Phi) is 7.45. The van der Waals surface area contributed by atoms with E-state index in [4.69, 9.17) is 4.74 Å². The number of nitrogens with zero attached hydrogens (tertiary/aromatic N) is 2. The van der Waals surface area contributed by atoms with Gasteiger partial charge in [0.1, 0.15) is 23.8 Å². The number of nitrogens with one attached hydrogen (secondary N) is 1. The van der Waals surface area contributed by atoms with Gasteiger partial charge >= 0.3 is 0 Å². The Balaban J connectivity index is 0.00000306. The second-order valence-corrected chi connectivity index (χ2v) is 7.68. The minimum absolute atomic E-state index is 0. The molecule has 0 fully saturated rings. The first-order valence-corrected chi connectivity index (χ1v) is 10.4. The third kappa shape index (κ3) is 5.38. The number of aromatic nitrogens is 2. The maximum atomic E-state index is 13.3. The molecule has 0 saturated carbocycles. The monoisotopic (exact) mass is 449 g/mol. The van der Waals surface area contributed by atoms with E-state index in [1.165, 1.54) is 19.1 Å². The lowest BCUT2D eigenvalue weighted by Crippen LogP contribution is -2.43. The fraction of sp³-hybridized carbons (Fsp3) is 0.231. The van der Waals surface area contributed by atoms with Crippen molar-refractivity contribution in [3.05, 3.63) is 90.4 Å². The van der Waals surface area contributed by atoms with Crippen molar-refractivity contribution in [2.24, 2.45) is 0 Å². The average molecular weight is 450 g/mol. The molecule has 0 aliphatic heterocycles. The summed E-state index contributed by atoms with van der Waals surface area (Å²) in [5.74, 6) is -0.147. The quantitative estimate of drug-likeness (QED) is 0.425. The van der Waals surface area contributed by atoms with Crippen LogP contribution in [0.4, 0.5) is 4.39 Å². The lowest BCUT2D eigenvalue weighted by Gasteiger charge is -2.27. The number of amides is 1. The summed E-state index contributed by atoms with van der Waals surface area (Å²) in [7, 11) is 0. The topological polar surface area (TPSA) is 76.4 Å². The van der Waals surface area contributed by atoms with Crippen LogP contribution in [-0.2, 0) is 4.79 Å². The van der Waals surface area contributed by atoms with Crippen LogP contribution >= 0.6 is 0 Å². The Hall–Kier alpha value is -3.71. The zero-order valence-corrected chi connectivity index (χ0v) is 17.8. The van der Waals surface area contributed by atoms with Crippen LogP contribution in [0.5, 0.6) is 5.75 Å². The highest BCUT2D eigenvalue weighted by Gasteiger charge is 2.24. The Morgan fingerprint density at radius 1 is 1.06 bits per heavy atom. The van der Waals surface area contributed by atoms with Gasteiger partial charge in [0.2, 0.25) is 5.91 Å². The molecular formula is C26H28FN3O3. The van der Waals surface area contributed by atoms with Crippen LogP contribution < -0.4 is 10.1 Å². The van der Waals surface area contributed by atoms with Gasteiger partial charge in [0.15, 0.2) is 0 Å². The SMILES string of the molecule is C.C[C@H](O)C(=O)N[C@@H](C)[C@H](Oc1ccc2c(cnn2-c2ccc(F)cc2)c1)c1ccccc1. The molecule has 0 unspecified atom stereocenters. The van der Waals surface area contributed by atoms with E-state index in [1.807, 2.05) is 55.5 Å². The van der Waals surface area contributed by atoms with E-state index in [-0.39, 0.29) is 13.2 Å². The van der Waals surface area contributed by atoms with E-state index in [1.54, 1.807) is 23.0 Å². The molecule has 7 heteroatoms. The zero-order valence-electron chi connectivity index (χ0n) is 17.8. The summed E-state index contributed by atoms with van der Waals surface area (Å²) in [6, 6.07) is 20.9.